The lowest BCUT2D eigenvalue weighted by atomic mass is 10.1. The molecule has 3 rings (SSSR count). The quantitative estimate of drug-likeness (QED) is 0.653. The van der Waals surface area contributed by atoms with Gasteiger partial charge in [-0.25, -0.2) is 14.4 Å². The van der Waals surface area contributed by atoms with Gasteiger partial charge in [0.15, 0.2) is 17.3 Å². The zero-order valence-electron chi connectivity index (χ0n) is 15.6. The molecule has 8 nitrogen and oxygen atoms in total. The molecule has 1 aromatic carbocycles. The summed E-state index contributed by atoms with van der Waals surface area (Å²) in [7, 11) is 1.33. The molecule has 1 aliphatic heterocycles. The van der Waals surface area contributed by atoms with E-state index >= 15 is 0 Å². The average Bonchev–Trinajstić information content (AvgIpc) is 2.90. The van der Waals surface area contributed by atoms with Gasteiger partial charge in [-0.2, -0.15) is 0 Å². The van der Waals surface area contributed by atoms with Gasteiger partial charge >= 0.3 is 0 Å². The van der Waals surface area contributed by atoms with Crippen LogP contribution in [0.5, 0.6) is 11.5 Å². The van der Waals surface area contributed by atoms with Gasteiger partial charge in [0.25, 0.3) is 11.1 Å². The number of anilines is 1. The number of phenols is 1. The predicted octanol–water partition coefficient (Wildman–Crippen LogP) is 3.47. The number of likely N-dealkylation sites (N-methyl/N-ethyl adjacent to an activating group) is 1. The van der Waals surface area contributed by atoms with Gasteiger partial charge in [0.05, 0.1) is 10.7 Å². The number of halogens is 2. The first-order valence-electron chi connectivity index (χ1n) is 8.21. The second-order valence-electron chi connectivity index (χ2n) is 5.67. The topological polar surface area (TPSA) is 119 Å². The number of ether oxygens (including phenoxy) is 1. The number of carbonyl (C=O) groups excluding carboxylic acids is 2. The summed E-state index contributed by atoms with van der Waals surface area (Å²) in [6.07, 6.45) is 2.06. The Hall–Kier alpha value is -2.66. The highest BCUT2D eigenvalue weighted by Crippen LogP contribution is 2.41. The number of benzene rings is 1. The standard InChI is InChI=1S/C17H14BrFN4O4S/c1-7(9-5-21-16(20)22-6-9)27-10-3-8(12(18)13(19)14(10)24)4-11-15(25)23(2)17(26)28-11/h3-7,24H,1-2H3,(H2,20,21,22)/b11-4-/i7D. The average molecular weight is 470 g/mol. The fourth-order valence-electron chi connectivity index (χ4n) is 2.23. The number of amides is 2. The van der Waals surface area contributed by atoms with Crippen LogP contribution < -0.4 is 10.5 Å². The van der Waals surface area contributed by atoms with Crippen LogP contribution in [0.4, 0.5) is 15.1 Å². The molecule has 146 valence electrons. The number of thioether (sulfide) groups is 1. The van der Waals surface area contributed by atoms with Gasteiger partial charge in [0.2, 0.25) is 5.95 Å². The van der Waals surface area contributed by atoms with Gasteiger partial charge in [0.1, 0.15) is 6.08 Å². The molecule has 1 unspecified atom stereocenters. The fourth-order valence-corrected chi connectivity index (χ4v) is 3.46. The number of aromatic nitrogens is 2. The van der Waals surface area contributed by atoms with E-state index in [1.54, 1.807) is 0 Å². The van der Waals surface area contributed by atoms with Crippen LogP contribution in [0.25, 0.3) is 6.08 Å². The van der Waals surface area contributed by atoms with Crippen molar-refractivity contribution in [3.05, 3.63) is 44.8 Å². The molecule has 0 radical (unpaired) electrons. The third kappa shape index (κ3) is 3.80. The lowest BCUT2D eigenvalue weighted by Crippen LogP contribution is -2.22. The van der Waals surface area contributed by atoms with E-state index in [0.717, 1.165) is 4.90 Å². The number of hydrogen-bond acceptors (Lipinski definition) is 8. The highest BCUT2D eigenvalue weighted by molar-refractivity contribution is 9.10. The second kappa shape index (κ2) is 7.76. The second-order valence-corrected chi connectivity index (χ2v) is 7.46. The molecule has 3 N–H and O–H groups in total. The third-order valence-corrected chi connectivity index (χ3v) is 5.56. The maximum Gasteiger partial charge on any atom is 0.293 e. The number of nitrogens with two attached hydrogens (primary N) is 1. The summed E-state index contributed by atoms with van der Waals surface area (Å²) in [5.41, 5.74) is 5.78. The van der Waals surface area contributed by atoms with E-state index in [-0.39, 0.29) is 32.2 Å². The van der Waals surface area contributed by atoms with E-state index in [0.29, 0.717) is 11.8 Å². The van der Waals surface area contributed by atoms with Crippen LogP contribution in [0.1, 0.15) is 25.5 Å². The molecule has 2 aromatic rings. The Balaban J connectivity index is 2.01. The monoisotopic (exact) mass is 469 g/mol. The molecule has 0 saturated carbocycles. The summed E-state index contributed by atoms with van der Waals surface area (Å²) in [6, 6.07) is 1.25. The van der Waals surface area contributed by atoms with Crippen molar-refractivity contribution in [2.45, 2.75) is 13.0 Å². The molecule has 0 spiro atoms. The van der Waals surface area contributed by atoms with Gasteiger partial charge in [-0.1, -0.05) is 0 Å². The third-order valence-electron chi connectivity index (χ3n) is 3.79. The number of nitrogen functional groups attached to an aromatic ring is 1. The molecule has 1 saturated heterocycles. The van der Waals surface area contributed by atoms with Crippen molar-refractivity contribution in [3.8, 4) is 11.5 Å². The first-order chi connectivity index (χ1) is 13.5. The Morgan fingerprint density at radius 3 is 2.68 bits per heavy atom. The molecule has 1 fully saturated rings. The van der Waals surface area contributed by atoms with Crippen molar-refractivity contribution in [1.82, 2.24) is 14.9 Å². The smallest absolute Gasteiger partial charge is 0.293 e. The molecular formula is C17H14BrFN4O4S. The van der Waals surface area contributed by atoms with Gasteiger partial charge in [-0.15, -0.1) is 0 Å². The van der Waals surface area contributed by atoms with Gasteiger partial charge in [0, 0.05) is 25.0 Å². The van der Waals surface area contributed by atoms with Gasteiger partial charge < -0.3 is 15.6 Å². The number of carbonyl (C=O) groups is 2. The molecule has 0 aliphatic carbocycles. The lowest BCUT2D eigenvalue weighted by Gasteiger charge is -2.17. The van der Waals surface area contributed by atoms with E-state index in [1.807, 2.05) is 0 Å². The largest absolute Gasteiger partial charge is 0.502 e. The highest BCUT2D eigenvalue weighted by atomic mass is 79.9. The SMILES string of the molecule is [2H]C(C)(Oc1cc(/C=C2\SC(=O)N(C)C2=O)c(Br)c(F)c1O)c1cnc(N)nc1. The Bertz CT molecular complexity index is 1050. The summed E-state index contributed by atoms with van der Waals surface area (Å²) < 4.78 is 28.3. The Morgan fingerprint density at radius 2 is 2.11 bits per heavy atom. The van der Waals surface area contributed by atoms with Crippen molar-refractivity contribution in [3.63, 3.8) is 0 Å². The van der Waals surface area contributed by atoms with Crippen molar-refractivity contribution < 1.29 is 25.2 Å². The first-order valence-corrected chi connectivity index (χ1v) is 9.31. The number of aromatic hydroxyl groups is 1. The molecule has 0 bridgehead atoms. The maximum absolute atomic E-state index is 14.5. The molecule has 1 aliphatic rings. The summed E-state index contributed by atoms with van der Waals surface area (Å²) in [5, 5.41) is 9.67. The summed E-state index contributed by atoms with van der Waals surface area (Å²) in [4.78, 5) is 32.3. The zero-order valence-corrected chi connectivity index (χ0v) is 17.0. The van der Waals surface area contributed by atoms with E-state index in [9.17, 15) is 19.1 Å². The minimum atomic E-state index is -1.79. The molecule has 2 amide bonds. The van der Waals surface area contributed by atoms with Gasteiger partial charge in [-0.05, 0) is 52.3 Å². The van der Waals surface area contributed by atoms with Crippen LogP contribution >= 0.6 is 27.7 Å². The number of nitrogens with zero attached hydrogens (tertiary/aromatic N) is 3. The molecule has 1 atom stereocenters. The van der Waals surface area contributed by atoms with Crippen molar-refractivity contribution in [2.24, 2.45) is 0 Å². The van der Waals surface area contributed by atoms with E-state index in [1.165, 1.54) is 38.5 Å². The number of phenolic OH excluding ortho intramolecular Hbond substituents is 1. The highest BCUT2D eigenvalue weighted by Gasteiger charge is 2.32. The molecule has 2 heterocycles. The summed E-state index contributed by atoms with van der Waals surface area (Å²) >= 11 is 3.72. The van der Waals surface area contributed by atoms with Crippen LogP contribution in [-0.4, -0.2) is 38.2 Å². The number of imide groups is 1. The minimum absolute atomic E-state index is 0.00856. The Labute approximate surface area is 173 Å². The van der Waals surface area contributed by atoms with Crippen molar-refractivity contribution in [1.29, 1.82) is 0 Å². The minimum Gasteiger partial charge on any atom is -0.502 e. The first kappa shape index (κ1) is 18.7. The molecule has 28 heavy (non-hydrogen) atoms. The van der Waals surface area contributed by atoms with Crippen LogP contribution in [0.15, 0.2) is 27.8 Å². The van der Waals surface area contributed by atoms with Crippen molar-refractivity contribution >= 4 is 50.9 Å². The summed E-state index contributed by atoms with van der Waals surface area (Å²) in [5.74, 6) is -2.75. The summed E-state index contributed by atoms with van der Waals surface area (Å²) in [6.45, 7) is 1.35. The maximum atomic E-state index is 14.5. The number of hydrogen-bond donors (Lipinski definition) is 2. The van der Waals surface area contributed by atoms with E-state index in [4.69, 9.17) is 11.8 Å². The van der Waals surface area contributed by atoms with Crippen molar-refractivity contribution in [2.75, 3.05) is 12.8 Å². The molecule has 1 aromatic heterocycles. The molecular weight excluding hydrogens is 455 g/mol. The normalized spacial score (nSPS) is 18.4. The number of rotatable bonds is 4. The zero-order chi connectivity index (χ0) is 21.5. The molecule has 11 heteroatoms. The fraction of sp³-hybridized carbons (Fsp3) is 0.176. The van der Waals surface area contributed by atoms with E-state index in [2.05, 4.69) is 25.9 Å². The van der Waals surface area contributed by atoms with Crippen LogP contribution in [-0.2, 0) is 4.79 Å². The Morgan fingerprint density at radius 1 is 1.46 bits per heavy atom. The van der Waals surface area contributed by atoms with Crippen LogP contribution in [0.2, 0.25) is 0 Å². The van der Waals surface area contributed by atoms with E-state index < -0.39 is 28.8 Å². The van der Waals surface area contributed by atoms with Gasteiger partial charge in [-0.3, -0.25) is 14.5 Å². The Kier molecular flexibility index (Phi) is 5.18. The van der Waals surface area contributed by atoms with Crippen LogP contribution in [0, 0.1) is 5.82 Å². The lowest BCUT2D eigenvalue weighted by molar-refractivity contribution is -0.121. The van der Waals surface area contributed by atoms with Crippen LogP contribution in [0.3, 0.4) is 0 Å². The predicted molar refractivity (Wildman–Crippen MR) is 105 cm³/mol.